The number of H-pyrrole nitrogens is 1. The van der Waals surface area contributed by atoms with E-state index in [9.17, 15) is 23.1 Å². The van der Waals surface area contributed by atoms with Crippen molar-refractivity contribution in [1.82, 2.24) is 25.0 Å². The fourth-order valence-corrected chi connectivity index (χ4v) is 7.42. The van der Waals surface area contributed by atoms with Crippen LogP contribution in [0.3, 0.4) is 0 Å². The number of nitrogens with one attached hydrogen (secondary N) is 1. The van der Waals surface area contributed by atoms with Crippen molar-refractivity contribution in [3.63, 3.8) is 0 Å². The van der Waals surface area contributed by atoms with Gasteiger partial charge in [-0.1, -0.05) is 6.07 Å². The van der Waals surface area contributed by atoms with Crippen molar-refractivity contribution in [1.29, 1.82) is 5.26 Å². The summed E-state index contributed by atoms with van der Waals surface area (Å²) in [6.07, 6.45) is 1.47. The molecule has 0 atom stereocenters. The highest BCUT2D eigenvalue weighted by atomic mass is 19.4. The third-order valence-corrected chi connectivity index (χ3v) is 9.54. The first-order valence-corrected chi connectivity index (χ1v) is 13.3. The molecule has 2 aliphatic heterocycles. The molecule has 2 spiro atoms. The fourth-order valence-electron chi connectivity index (χ4n) is 7.42. The van der Waals surface area contributed by atoms with E-state index < -0.39 is 17.3 Å². The standard InChI is InChI=1S/C27H29F3N6O2/c28-27(29,30)20-2-1-16(6-18(20)11-31)5-17-7-24(8-17)12-35(13-24)23(37)36-14-25(15-36)9-19(10-25)21-32-22(34-33-21)26(38)3-4-26/h1-2,6,17,19,38H,3-5,7-10,12-15H2,(H,32,33,34). The van der Waals surface area contributed by atoms with Gasteiger partial charge in [0.15, 0.2) is 5.82 Å². The lowest BCUT2D eigenvalue weighted by atomic mass is 9.56. The number of amides is 2. The Hall–Kier alpha value is -3.13. The van der Waals surface area contributed by atoms with Crippen molar-refractivity contribution in [3.05, 3.63) is 46.5 Å². The van der Waals surface area contributed by atoms with E-state index in [1.54, 1.807) is 6.07 Å². The Bertz CT molecular complexity index is 1330. The van der Waals surface area contributed by atoms with Crippen LogP contribution in [0.25, 0.3) is 0 Å². The maximum absolute atomic E-state index is 13.0. The first-order chi connectivity index (χ1) is 18.0. The monoisotopic (exact) mass is 526 g/mol. The third-order valence-electron chi connectivity index (χ3n) is 9.54. The molecular weight excluding hydrogens is 497 g/mol. The van der Waals surface area contributed by atoms with Gasteiger partial charge in [-0.3, -0.25) is 0 Å². The summed E-state index contributed by atoms with van der Waals surface area (Å²) in [7, 11) is 0. The first-order valence-electron chi connectivity index (χ1n) is 13.3. The summed E-state index contributed by atoms with van der Waals surface area (Å²) in [5, 5.41) is 27.7. The number of aliphatic hydroxyl groups is 1. The number of likely N-dealkylation sites (tertiary alicyclic amines) is 2. The maximum Gasteiger partial charge on any atom is 0.417 e. The molecule has 11 heteroatoms. The Balaban J connectivity index is 0.855. The lowest BCUT2D eigenvalue weighted by Gasteiger charge is -2.63. The van der Waals surface area contributed by atoms with Gasteiger partial charge < -0.3 is 19.9 Å². The van der Waals surface area contributed by atoms with Crippen LogP contribution < -0.4 is 0 Å². The van der Waals surface area contributed by atoms with Crippen LogP contribution >= 0.6 is 0 Å². The number of urea groups is 1. The van der Waals surface area contributed by atoms with E-state index in [4.69, 9.17) is 5.26 Å². The molecule has 5 fully saturated rings. The predicted octanol–water partition coefficient (Wildman–Crippen LogP) is 3.93. The Morgan fingerprint density at radius 1 is 1.08 bits per heavy atom. The maximum atomic E-state index is 13.0. The highest BCUT2D eigenvalue weighted by Crippen LogP contribution is 2.57. The van der Waals surface area contributed by atoms with E-state index in [2.05, 4.69) is 15.2 Å². The molecule has 2 N–H and O–H groups in total. The number of carbonyl (C=O) groups excluding carboxylic acids is 1. The van der Waals surface area contributed by atoms with Gasteiger partial charge in [0.2, 0.25) is 0 Å². The molecule has 7 rings (SSSR count). The van der Waals surface area contributed by atoms with Crippen LogP contribution in [-0.4, -0.2) is 62.3 Å². The summed E-state index contributed by atoms with van der Waals surface area (Å²) in [6.45, 7) is 3.03. The second kappa shape index (κ2) is 7.72. The molecule has 38 heavy (non-hydrogen) atoms. The molecule has 3 saturated carbocycles. The second-order valence-electron chi connectivity index (χ2n) is 12.7. The summed E-state index contributed by atoms with van der Waals surface area (Å²) in [4.78, 5) is 20.0. The molecule has 0 unspecified atom stereocenters. The van der Waals surface area contributed by atoms with E-state index in [0.29, 0.717) is 24.1 Å². The van der Waals surface area contributed by atoms with Crippen molar-refractivity contribution >= 4 is 6.03 Å². The highest BCUT2D eigenvalue weighted by Gasteiger charge is 2.59. The van der Waals surface area contributed by atoms with E-state index in [0.717, 1.165) is 82.2 Å². The number of aromatic nitrogens is 3. The number of nitriles is 1. The minimum absolute atomic E-state index is 0.104. The lowest BCUT2D eigenvalue weighted by Crippen LogP contribution is -2.70. The minimum Gasteiger partial charge on any atom is -0.382 e. The van der Waals surface area contributed by atoms with Crippen LogP contribution in [0.4, 0.5) is 18.0 Å². The number of carbonyl (C=O) groups is 1. The van der Waals surface area contributed by atoms with Crippen LogP contribution in [0.5, 0.6) is 0 Å². The Morgan fingerprint density at radius 3 is 2.29 bits per heavy atom. The second-order valence-corrected chi connectivity index (χ2v) is 12.7. The SMILES string of the molecule is N#Cc1cc(CC2CC3(C2)CN(C(=O)N2CC4(CC(c5nnc(C6(O)CC6)[nH]5)C4)C2)C3)ccc1C(F)(F)F. The molecule has 3 heterocycles. The average molecular weight is 527 g/mol. The van der Waals surface area contributed by atoms with E-state index in [1.807, 2.05) is 9.80 Å². The van der Waals surface area contributed by atoms with Gasteiger partial charge in [0.25, 0.3) is 0 Å². The van der Waals surface area contributed by atoms with E-state index in [1.165, 1.54) is 12.1 Å². The highest BCUT2D eigenvalue weighted by molar-refractivity contribution is 5.77. The molecule has 1 aromatic heterocycles. The summed E-state index contributed by atoms with van der Waals surface area (Å²) >= 11 is 0. The van der Waals surface area contributed by atoms with Gasteiger partial charge in [0.1, 0.15) is 11.4 Å². The number of hydrogen-bond acceptors (Lipinski definition) is 5. The molecular formula is C27H29F3N6O2. The van der Waals surface area contributed by atoms with Gasteiger partial charge in [0.05, 0.1) is 17.2 Å². The van der Waals surface area contributed by atoms with Crippen molar-refractivity contribution in [2.75, 3.05) is 26.2 Å². The predicted molar refractivity (Wildman–Crippen MR) is 127 cm³/mol. The first kappa shape index (κ1) is 23.9. The normalized spacial score (nSPS) is 24.8. The largest absolute Gasteiger partial charge is 0.417 e. The number of hydrogen-bond donors (Lipinski definition) is 2. The Morgan fingerprint density at radius 2 is 1.71 bits per heavy atom. The average Bonchev–Trinajstić information content (AvgIpc) is 3.32. The number of aromatic amines is 1. The Labute approximate surface area is 217 Å². The molecule has 3 aliphatic carbocycles. The molecule has 0 radical (unpaired) electrons. The number of alkyl halides is 3. The van der Waals surface area contributed by atoms with Gasteiger partial charge in [0, 0.05) is 42.9 Å². The van der Waals surface area contributed by atoms with Crippen molar-refractivity contribution in [3.8, 4) is 6.07 Å². The van der Waals surface area contributed by atoms with Crippen molar-refractivity contribution in [2.24, 2.45) is 16.7 Å². The van der Waals surface area contributed by atoms with Gasteiger partial charge >= 0.3 is 12.2 Å². The zero-order chi connectivity index (χ0) is 26.5. The molecule has 1 aromatic carbocycles. The van der Waals surface area contributed by atoms with E-state index >= 15 is 0 Å². The number of nitrogens with zero attached hydrogens (tertiary/aromatic N) is 5. The van der Waals surface area contributed by atoms with Crippen molar-refractivity contribution < 1.29 is 23.1 Å². The minimum atomic E-state index is -4.52. The smallest absolute Gasteiger partial charge is 0.382 e. The van der Waals surface area contributed by atoms with Gasteiger partial charge in [-0.05, 0) is 68.6 Å². The summed E-state index contributed by atoms with van der Waals surface area (Å²) in [6, 6.07) is 5.64. The Kier molecular flexibility index (Phi) is 4.86. The summed E-state index contributed by atoms with van der Waals surface area (Å²) < 4.78 is 39.1. The quantitative estimate of drug-likeness (QED) is 0.628. The van der Waals surface area contributed by atoms with Crippen LogP contribution in [-0.2, 0) is 18.2 Å². The summed E-state index contributed by atoms with van der Waals surface area (Å²) in [5.41, 5.74) is -0.924. The van der Waals surface area contributed by atoms with Gasteiger partial charge in [-0.2, -0.15) is 18.4 Å². The van der Waals surface area contributed by atoms with Crippen LogP contribution in [0.2, 0.25) is 0 Å². The molecule has 2 saturated heterocycles. The zero-order valence-corrected chi connectivity index (χ0v) is 20.9. The summed E-state index contributed by atoms with van der Waals surface area (Å²) in [5.74, 6) is 2.10. The fraction of sp³-hybridized carbons (Fsp3) is 0.630. The zero-order valence-electron chi connectivity index (χ0n) is 20.9. The van der Waals surface area contributed by atoms with Crippen molar-refractivity contribution in [2.45, 2.75) is 62.6 Å². The topological polar surface area (TPSA) is 109 Å². The number of rotatable bonds is 4. The van der Waals surface area contributed by atoms with Crippen LogP contribution in [0, 0.1) is 28.1 Å². The lowest BCUT2D eigenvalue weighted by molar-refractivity contribution is -0.137. The number of benzene rings is 1. The van der Waals surface area contributed by atoms with Crippen LogP contribution in [0.1, 0.15) is 72.8 Å². The third kappa shape index (κ3) is 3.79. The van der Waals surface area contributed by atoms with E-state index in [-0.39, 0.29) is 22.4 Å². The molecule has 200 valence electrons. The van der Waals surface area contributed by atoms with Crippen LogP contribution in [0.15, 0.2) is 18.2 Å². The molecule has 2 aromatic rings. The molecule has 0 bridgehead atoms. The molecule has 8 nitrogen and oxygen atoms in total. The molecule has 2 amide bonds. The van der Waals surface area contributed by atoms with Gasteiger partial charge in [-0.15, -0.1) is 10.2 Å². The molecule has 5 aliphatic rings. The van der Waals surface area contributed by atoms with Gasteiger partial charge in [-0.25, -0.2) is 4.79 Å². The number of halogens is 3.